The molecule has 0 aromatic heterocycles. The standard InChI is InChI=1S/C43H46N2.C3H6.C2H6/c1-9-12-13-16-31(4)38-17-14-15-18-40(38)44-36-27-23-34(24-28-36)32-19-21-33(22-20-32)35-25-29-37(30-26-35)45-41(11-3)39(10-2)42(5,6)43(45,7)8;1-3-2;1-2/h9-15,17-31,44H,1-3,16H2,4-8H3;3H,1H2,2H3;1-2H3/b13-12-;;. The maximum absolute atomic E-state index is 4.14. The molecular weight excluding hydrogens is 605 g/mol. The van der Waals surface area contributed by atoms with Gasteiger partial charge in [-0.3, -0.25) is 0 Å². The third-order valence-electron chi connectivity index (χ3n) is 9.77. The molecule has 1 aliphatic rings. The highest BCUT2D eigenvalue weighted by molar-refractivity contribution is 5.75. The molecule has 0 saturated heterocycles. The molecule has 4 aromatic carbocycles. The Bertz CT molecular complexity index is 1780. The zero-order chi connectivity index (χ0) is 36.9. The second-order valence-electron chi connectivity index (χ2n) is 13.3. The molecule has 0 aliphatic carbocycles. The number of allylic oxidation sites excluding steroid dienone is 6. The predicted octanol–water partition coefficient (Wildman–Crippen LogP) is 14.5. The first-order valence-electron chi connectivity index (χ1n) is 17.8. The molecule has 5 rings (SSSR count). The summed E-state index contributed by atoms with van der Waals surface area (Å²) in [6.45, 7) is 32.7. The molecule has 0 amide bonds. The fraction of sp³-hybridized carbons (Fsp3) is 0.250. The van der Waals surface area contributed by atoms with E-state index in [1.165, 1.54) is 33.4 Å². The first-order valence-corrected chi connectivity index (χ1v) is 17.8. The van der Waals surface area contributed by atoms with Gasteiger partial charge in [-0.25, -0.2) is 0 Å². The van der Waals surface area contributed by atoms with Crippen molar-refractivity contribution in [1.82, 2.24) is 0 Å². The Hall–Kier alpha value is -5.08. The van der Waals surface area contributed by atoms with Crippen LogP contribution in [0.1, 0.15) is 73.3 Å². The fourth-order valence-electron chi connectivity index (χ4n) is 6.48. The van der Waals surface area contributed by atoms with E-state index in [4.69, 9.17) is 0 Å². The number of para-hydroxylation sites is 1. The summed E-state index contributed by atoms with van der Waals surface area (Å²) in [4.78, 5) is 2.41. The van der Waals surface area contributed by atoms with Crippen LogP contribution < -0.4 is 10.2 Å². The van der Waals surface area contributed by atoms with E-state index < -0.39 is 0 Å². The normalized spacial score (nSPS) is 14.8. The summed E-state index contributed by atoms with van der Waals surface area (Å²) >= 11 is 0. The van der Waals surface area contributed by atoms with Crippen LogP contribution in [0.3, 0.4) is 0 Å². The van der Waals surface area contributed by atoms with E-state index in [0.29, 0.717) is 5.92 Å². The Labute approximate surface area is 304 Å². The van der Waals surface area contributed by atoms with Crippen molar-refractivity contribution in [2.45, 2.75) is 73.3 Å². The zero-order valence-electron chi connectivity index (χ0n) is 31.8. The molecule has 1 aliphatic heterocycles. The molecular formula is C48H58N2. The van der Waals surface area contributed by atoms with Gasteiger partial charge in [0.2, 0.25) is 0 Å². The second kappa shape index (κ2) is 18.1. The van der Waals surface area contributed by atoms with Gasteiger partial charge >= 0.3 is 0 Å². The highest BCUT2D eigenvalue weighted by atomic mass is 15.2. The summed E-state index contributed by atoms with van der Waals surface area (Å²) in [5.74, 6) is 0.407. The van der Waals surface area contributed by atoms with Crippen molar-refractivity contribution in [1.29, 1.82) is 0 Å². The molecule has 0 saturated carbocycles. The van der Waals surface area contributed by atoms with Gasteiger partial charge in [-0.2, -0.15) is 0 Å². The molecule has 1 N–H and O–H groups in total. The third-order valence-corrected chi connectivity index (χ3v) is 9.77. The van der Waals surface area contributed by atoms with Crippen LogP contribution in [0, 0.1) is 5.41 Å². The molecule has 1 unspecified atom stereocenters. The number of nitrogens with one attached hydrogen (secondary N) is 1. The van der Waals surface area contributed by atoms with E-state index in [0.717, 1.165) is 29.2 Å². The van der Waals surface area contributed by atoms with E-state index in [-0.39, 0.29) is 11.0 Å². The number of hydrogen-bond acceptors (Lipinski definition) is 2. The van der Waals surface area contributed by atoms with Gasteiger partial charge in [0.15, 0.2) is 0 Å². The van der Waals surface area contributed by atoms with Crippen LogP contribution in [0.15, 0.2) is 171 Å². The summed E-state index contributed by atoms with van der Waals surface area (Å²) in [6.07, 6.45) is 12.7. The maximum atomic E-state index is 4.14. The molecule has 0 spiro atoms. The average molecular weight is 663 g/mol. The van der Waals surface area contributed by atoms with E-state index in [1.807, 2.05) is 45.1 Å². The minimum Gasteiger partial charge on any atom is -0.355 e. The van der Waals surface area contributed by atoms with Crippen LogP contribution in [0.2, 0.25) is 0 Å². The lowest BCUT2D eigenvalue weighted by Crippen LogP contribution is -2.48. The van der Waals surface area contributed by atoms with Crippen LogP contribution in [-0.2, 0) is 0 Å². The largest absolute Gasteiger partial charge is 0.355 e. The second-order valence-corrected chi connectivity index (χ2v) is 13.3. The lowest BCUT2D eigenvalue weighted by atomic mass is 9.71. The Kier molecular flexibility index (Phi) is 14.2. The number of rotatable bonds is 11. The summed E-state index contributed by atoms with van der Waals surface area (Å²) in [6, 6.07) is 35.0. The first-order chi connectivity index (χ1) is 24.0. The topological polar surface area (TPSA) is 15.3 Å². The highest BCUT2D eigenvalue weighted by Crippen LogP contribution is 2.53. The third kappa shape index (κ3) is 8.55. The van der Waals surface area contributed by atoms with Crippen LogP contribution in [0.25, 0.3) is 22.3 Å². The quantitative estimate of drug-likeness (QED) is 0.127. The molecule has 4 aromatic rings. The molecule has 2 heteroatoms. The lowest BCUT2D eigenvalue weighted by Gasteiger charge is -2.44. The summed E-state index contributed by atoms with van der Waals surface area (Å²) in [7, 11) is 0. The van der Waals surface area contributed by atoms with Crippen molar-refractivity contribution < 1.29 is 0 Å². The van der Waals surface area contributed by atoms with Crippen LogP contribution in [0.4, 0.5) is 17.1 Å². The zero-order valence-corrected chi connectivity index (χ0v) is 31.8. The van der Waals surface area contributed by atoms with Gasteiger partial charge in [0, 0.05) is 33.7 Å². The molecule has 0 bridgehead atoms. The maximum Gasteiger partial charge on any atom is 0.0487 e. The average Bonchev–Trinajstić information content (AvgIpc) is 3.29. The lowest BCUT2D eigenvalue weighted by molar-refractivity contribution is 0.279. The molecule has 1 heterocycles. The summed E-state index contributed by atoms with van der Waals surface area (Å²) in [5.41, 5.74) is 11.7. The number of benzene rings is 4. The summed E-state index contributed by atoms with van der Waals surface area (Å²) < 4.78 is 0. The van der Waals surface area contributed by atoms with Crippen LogP contribution in [-0.4, -0.2) is 5.54 Å². The van der Waals surface area contributed by atoms with Crippen molar-refractivity contribution in [3.05, 3.63) is 177 Å². The van der Waals surface area contributed by atoms with Gasteiger partial charge < -0.3 is 10.2 Å². The number of hydrogen-bond donors (Lipinski definition) is 1. The number of anilines is 3. The number of nitrogens with zero attached hydrogens (tertiary/aromatic N) is 1. The molecule has 0 radical (unpaired) electrons. The van der Waals surface area contributed by atoms with Gasteiger partial charge in [0.25, 0.3) is 0 Å². The predicted molar refractivity (Wildman–Crippen MR) is 224 cm³/mol. The highest BCUT2D eigenvalue weighted by Gasteiger charge is 2.51. The Balaban J connectivity index is 0.00000128. The van der Waals surface area contributed by atoms with Gasteiger partial charge in [0.05, 0.1) is 0 Å². The van der Waals surface area contributed by atoms with Crippen molar-refractivity contribution in [2.24, 2.45) is 5.41 Å². The minimum absolute atomic E-state index is 0.0624. The van der Waals surface area contributed by atoms with Gasteiger partial charge in [-0.15, -0.1) is 6.58 Å². The Morgan fingerprint density at radius 2 is 1.18 bits per heavy atom. The van der Waals surface area contributed by atoms with E-state index >= 15 is 0 Å². The van der Waals surface area contributed by atoms with Crippen molar-refractivity contribution in [3.63, 3.8) is 0 Å². The van der Waals surface area contributed by atoms with Gasteiger partial charge in [-0.05, 0) is 103 Å². The summed E-state index contributed by atoms with van der Waals surface area (Å²) in [5, 5.41) is 3.64. The SMILES string of the molecule is C=C/C=C\CC(C)c1ccccc1Nc1ccc(-c2ccc(-c3ccc(N4C(C=C)=C(C=C)C(C)(C)C4(C)C)cc3)cc2)cc1.C=CC.CC. The van der Waals surface area contributed by atoms with Gasteiger partial charge in [0.1, 0.15) is 0 Å². The molecule has 260 valence electrons. The van der Waals surface area contributed by atoms with Crippen molar-refractivity contribution in [3.8, 4) is 22.3 Å². The van der Waals surface area contributed by atoms with E-state index in [9.17, 15) is 0 Å². The molecule has 2 nitrogen and oxygen atoms in total. The first kappa shape index (κ1) is 39.4. The van der Waals surface area contributed by atoms with Gasteiger partial charge in [-0.1, -0.05) is 151 Å². The fourth-order valence-corrected chi connectivity index (χ4v) is 6.48. The smallest absolute Gasteiger partial charge is 0.0487 e. The van der Waals surface area contributed by atoms with Crippen LogP contribution in [0.5, 0.6) is 0 Å². The van der Waals surface area contributed by atoms with E-state index in [2.05, 4.69) is 174 Å². The minimum atomic E-state index is -0.126. The van der Waals surface area contributed by atoms with Crippen LogP contribution >= 0.6 is 0 Å². The monoisotopic (exact) mass is 662 g/mol. The van der Waals surface area contributed by atoms with Crippen molar-refractivity contribution >= 4 is 17.1 Å². The Morgan fingerprint density at radius 3 is 1.66 bits per heavy atom. The van der Waals surface area contributed by atoms with E-state index in [1.54, 1.807) is 6.08 Å². The molecule has 50 heavy (non-hydrogen) atoms. The molecule has 0 fully saturated rings. The Morgan fingerprint density at radius 1 is 0.700 bits per heavy atom. The van der Waals surface area contributed by atoms with Crippen molar-refractivity contribution in [2.75, 3.05) is 10.2 Å². The molecule has 1 atom stereocenters.